The molecule has 0 heteroatoms. The van der Waals surface area contributed by atoms with Crippen molar-refractivity contribution in [3.05, 3.63) is 0 Å². The molecule has 49 heavy (non-hydrogen) atoms. The zero-order valence-electron chi connectivity index (χ0n) is 38.9. The molecule has 1 saturated carbocycles. The van der Waals surface area contributed by atoms with Gasteiger partial charge < -0.3 is 0 Å². The van der Waals surface area contributed by atoms with Crippen molar-refractivity contribution >= 4 is 0 Å². The SMILES string of the molecule is C1CC1.CCC(CC)(CC)CC.CCC(CC)(CC)CC.CCCCCCC.CCCCCCC.CCCCCCC.CCCCCCC. The molecule has 1 rings (SSSR count). The van der Waals surface area contributed by atoms with Gasteiger partial charge in [0.15, 0.2) is 0 Å². The summed E-state index contributed by atoms with van der Waals surface area (Å²) in [6.45, 7) is 36.4. The molecule has 1 aliphatic rings. The second-order valence-corrected chi connectivity index (χ2v) is 15.1. The summed E-state index contributed by atoms with van der Waals surface area (Å²) >= 11 is 0. The fraction of sp³-hybridized carbons (Fsp3) is 1.00. The van der Waals surface area contributed by atoms with E-state index >= 15 is 0 Å². The molecule has 0 atom stereocenters. The summed E-state index contributed by atoms with van der Waals surface area (Å²) < 4.78 is 0. The van der Waals surface area contributed by atoms with Gasteiger partial charge in [-0.2, -0.15) is 0 Å². The van der Waals surface area contributed by atoms with Crippen LogP contribution in [0.3, 0.4) is 0 Å². The van der Waals surface area contributed by atoms with Gasteiger partial charge in [-0.3, -0.25) is 0 Å². The average molecular weight is 699 g/mol. The third kappa shape index (κ3) is 60.4. The van der Waals surface area contributed by atoms with Crippen molar-refractivity contribution in [3.63, 3.8) is 0 Å². The van der Waals surface area contributed by atoms with E-state index in [1.165, 1.54) is 199 Å². The Morgan fingerprint density at radius 3 is 0.367 bits per heavy atom. The van der Waals surface area contributed by atoms with Crippen LogP contribution < -0.4 is 0 Å². The molecule has 0 spiro atoms. The average Bonchev–Trinajstić information content (AvgIpc) is 4.04. The molecule has 0 amide bonds. The first kappa shape index (κ1) is 61.1. The van der Waals surface area contributed by atoms with Crippen molar-refractivity contribution in [2.45, 2.75) is 310 Å². The molecule has 1 aliphatic carbocycles. The minimum Gasteiger partial charge on any atom is -0.0654 e. The standard InChI is InChI=1S/2C9H20.4C7H16.C3H6/c2*1-5-9(6-2,7-3)8-4;4*1-3-5-7-6-4-2;1-2-3-1/h2*5-8H2,1-4H3;4*3-7H2,1-2H3;1-3H2. The van der Waals surface area contributed by atoms with E-state index < -0.39 is 0 Å². The zero-order chi connectivity index (χ0) is 38.9. The van der Waals surface area contributed by atoms with Crippen molar-refractivity contribution in [2.75, 3.05) is 0 Å². The van der Waals surface area contributed by atoms with E-state index in [-0.39, 0.29) is 0 Å². The quantitative estimate of drug-likeness (QED) is 0.0880. The molecule has 1 fully saturated rings. The first-order valence-electron chi connectivity index (χ1n) is 23.6. The van der Waals surface area contributed by atoms with Crippen molar-refractivity contribution in [3.8, 4) is 0 Å². The van der Waals surface area contributed by atoms with Gasteiger partial charge in [0.05, 0.1) is 0 Å². The van der Waals surface area contributed by atoms with Gasteiger partial charge in [0.25, 0.3) is 0 Å². The summed E-state index contributed by atoms with van der Waals surface area (Å²) in [5.74, 6) is 0. The third-order valence-corrected chi connectivity index (χ3v) is 11.2. The molecule has 0 aromatic carbocycles. The Balaban J connectivity index is -0.000000111. The van der Waals surface area contributed by atoms with Crippen LogP contribution in [-0.2, 0) is 0 Å². The Hall–Kier alpha value is 0. The Kier molecular flexibility index (Phi) is 71.5. The fourth-order valence-corrected chi connectivity index (χ4v) is 5.71. The highest BCUT2D eigenvalue weighted by Crippen LogP contribution is 2.34. The monoisotopic (exact) mass is 699 g/mol. The molecule has 0 aromatic heterocycles. The van der Waals surface area contributed by atoms with E-state index in [0.717, 1.165) is 0 Å². The van der Waals surface area contributed by atoms with Crippen LogP contribution in [0.15, 0.2) is 0 Å². The lowest BCUT2D eigenvalue weighted by molar-refractivity contribution is 0.240. The van der Waals surface area contributed by atoms with Crippen molar-refractivity contribution in [1.82, 2.24) is 0 Å². The maximum Gasteiger partial charge on any atom is -0.0308 e. The lowest BCUT2D eigenvalue weighted by atomic mass is 9.78. The van der Waals surface area contributed by atoms with Gasteiger partial charge in [0.1, 0.15) is 0 Å². The summed E-state index contributed by atoms with van der Waals surface area (Å²) in [4.78, 5) is 0. The van der Waals surface area contributed by atoms with E-state index in [4.69, 9.17) is 0 Å². The summed E-state index contributed by atoms with van der Waals surface area (Å²) in [7, 11) is 0. The van der Waals surface area contributed by atoms with Crippen LogP contribution in [0.5, 0.6) is 0 Å². The number of rotatable bonds is 24. The van der Waals surface area contributed by atoms with Crippen molar-refractivity contribution in [1.29, 1.82) is 0 Å². The molecule has 0 heterocycles. The Bertz CT molecular complexity index is 339. The topological polar surface area (TPSA) is 0 Å². The first-order valence-corrected chi connectivity index (χ1v) is 23.6. The molecule has 0 bridgehead atoms. The van der Waals surface area contributed by atoms with Crippen LogP contribution in [-0.4, -0.2) is 0 Å². The number of hydrogen-bond donors (Lipinski definition) is 0. The summed E-state index contributed by atoms with van der Waals surface area (Å²) in [6, 6.07) is 0. The second-order valence-electron chi connectivity index (χ2n) is 15.1. The van der Waals surface area contributed by atoms with Crippen LogP contribution in [0.25, 0.3) is 0 Å². The lowest BCUT2D eigenvalue weighted by Crippen LogP contribution is -2.15. The lowest BCUT2D eigenvalue weighted by Gasteiger charge is -2.28. The van der Waals surface area contributed by atoms with Gasteiger partial charge in [-0.25, -0.2) is 0 Å². The number of hydrogen-bond acceptors (Lipinski definition) is 0. The van der Waals surface area contributed by atoms with Crippen LogP contribution >= 0.6 is 0 Å². The maximum absolute atomic E-state index is 2.30. The highest BCUT2D eigenvalue weighted by molar-refractivity contribution is 4.72. The second kappa shape index (κ2) is 57.3. The fourth-order valence-electron chi connectivity index (χ4n) is 5.71. The zero-order valence-corrected chi connectivity index (χ0v) is 38.9. The maximum atomic E-state index is 2.30. The molecule has 0 radical (unpaired) electrons. The van der Waals surface area contributed by atoms with E-state index in [2.05, 4.69) is 111 Å². The minimum absolute atomic E-state index is 0.667. The molecule has 0 aliphatic heterocycles. The molecule has 0 unspecified atom stereocenters. The first-order chi connectivity index (χ1) is 23.6. The van der Waals surface area contributed by atoms with Gasteiger partial charge in [0, 0.05) is 0 Å². The van der Waals surface area contributed by atoms with Gasteiger partial charge in [0.2, 0.25) is 0 Å². The molecular formula is C49H110. The molecule has 0 N–H and O–H groups in total. The molecule has 0 saturated heterocycles. The van der Waals surface area contributed by atoms with Crippen LogP contribution in [0.2, 0.25) is 0 Å². The highest BCUT2D eigenvalue weighted by Gasteiger charge is 2.20. The highest BCUT2D eigenvalue weighted by atomic mass is 14.3. The number of unbranched alkanes of at least 4 members (excludes halogenated alkanes) is 16. The van der Waals surface area contributed by atoms with Gasteiger partial charge in [-0.15, -0.1) is 0 Å². The van der Waals surface area contributed by atoms with Gasteiger partial charge >= 0.3 is 0 Å². The summed E-state index contributed by atoms with van der Waals surface area (Å²) in [5, 5.41) is 0. The Labute approximate surface area is 319 Å². The van der Waals surface area contributed by atoms with Crippen molar-refractivity contribution in [2.24, 2.45) is 10.8 Å². The largest absolute Gasteiger partial charge is 0.0654 e. The van der Waals surface area contributed by atoms with Crippen LogP contribution in [0, 0.1) is 10.8 Å². The smallest absolute Gasteiger partial charge is 0.0308 e. The predicted octanol–water partition coefficient (Wildman–Crippen LogP) is 20.3. The van der Waals surface area contributed by atoms with E-state index in [1.807, 2.05) is 0 Å². The van der Waals surface area contributed by atoms with Gasteiger partial charge in [-0.1, -0.05) is 310 Å². The minimum atomic E-state index is 0.667. The van der Waals surface area contributed by atoms with E-state index in [9.17, 15) is 0 Å². The van der Waals surface area contributed by atoms with Crippen LogP contribution in [0.1, 0.15) is 310 Å². The third-order valence-electron chi connectivity index (χ3n) is 11.2. The van der Waals surface area contributed by atoms with Crippen molar-refractivity contribution < 1.29 is 0 Å². The summed E-state index contributed by atoms with van der Waals surface area (Å²) in [5.41, 5.74) is 1.33. The summed E-state index contributed by atoms with van der Waals surface area (Å²) in [6.07, 6.45) is 43.3. The molecule has 0 aromatic rings. The van der Waals surface area contributed by atoms with Gasteiger partial charge in [-0.05, 0) is 10.8 Å². The van der Waals surface area contributed by atoms with Crippen LogP contribution in [0.4, 0.5) is 0 Å². The van der Waals surface area contributed by atoms with E-state index in [1.54, 1.807) is 0 Å². The van der Waals surface area contributed by atoms with E-state index in [0.29, 0.717) is 10.8 Å². The normalized spacial score (nSPS) is 11.3. The molecule has 306 valence electrons. The molecule has 0 nitrogen and oxygen atoms in total. The predicted molar refractivity (Wildman–Crippen MR) is 239 cm³/mol. The molecular weight excluding hydrogens is 589 g/mol. The Morgan fingerprint density at radius 1 is 0.204 bits per heavy atom. The Morgan fingerprint density at radius 2 is 0.327 bits per heavy atom.